The zero-order valence-corrected chi connectivity index (χ0v) is 12.1. The van der Waals surface area contributed by atoms with Gasteiger partial charge in [-0.2, -0.15) is 0 Å². The Morgan fingerprint density at radius 2 is 1.42 bits per heavy atom. The summed E-state index contributed by atoms with van der Waals surface area (Å²) < 4.78 is 0. The summed E-state index contributed by atoms with van der Waals surface area (Å²) in [5, 5.41) is 0.826. The van der Waals surface area contributed by atoms with E-state index >= 15 is 0 Å². The van der Waals surface area contributed by atoms with Crippen molar-refractivity contribution in [2.45, 2.75) is 38.5 Å². The summed E-state index contributed by atoms with van der Waals surface area (Å²) in [4.78, 5) is 0. The lowest BCUT2D eigenvalue weighted by molar-refractivity contribution is -0.0232. The van der Waals surface area contributed by atoms with Crippen molar-refractivity contribution in [2.24, 2.45) is 23.2 Å². The van der Waals surface area contributed by atoms with E-state index in [1.807, 2.05) is 12.1 Å². The molecule has 0 aromatic heterocycles. The maximum absolute atomic E-state index is 5.94. The van der Waals surface area contributed by atoms with Crippen LogP contribution in [0.3, 0.4) is 0 Å². The van der Waals surface area contributed by atoms with Gasteiger partial charge < -0.3 is 0 Å². The molecule has 0 nitrogen and oxygen atoms in total. The summed E-state index contributed by atoms with van der Waals surface area (Å²) in [7, 11) is 0. The Morgan fingerprint density at radius 1 is 0.895 bits per heavy atom. The van der Waals surface area contributed by atoms with Crippen molar-refractivity contribution >= 4 is 17.7 Å². The molecule has 0 unspecified atom stereocenters. The van der Waals surface area contributed by atoms with Gasteiger partial charge >= 0.3 is 0 Å². The summed E-state index contributed by atoms with van der Waals surface area (Å²) in [6.45, 7) is 0. The molecular formula is C18H21Cl. The van der Waals surface area contributed by atoms with Crippen LogP contribution in [-0.4, -0.2) is 0 Å². The van der Waals surface area contributed by atoms with E-state index in [4.69, 9.17) is 11.6 Å². The SMILES string of the molecule is Clc1ccc(/C=C\C23CC4CC(CC(C4)C2)C3)cc1. The van der Waals surface area contributed by atoms with E-state index in [1.54, 1.807) is 0 Å². The largest absolute Gasteiger partial charge is 0.0843 e. The molecule has 4 aliphatic rings. The summed E-state index contributed by atoms with van der Waals surface area (Å²) in [5.74, 6) is 3.09. The minimum absolute atomic E-state index is 0.536. The van der Waals surface area contributed by atoms with Crippen molar-refractivity contribution < 1.29 is 0 Å². The molecule has 4 bridgehead atoms. The van der Waals surface area contributed by atoms with Crippen molar-refractivity contribution in [3.63, 3.8) is 0 Å². The van der Waals surface area contributed by atoms with E-state index in [9.17, 15) is 0 Å². The molecule has 5 rings (SSSR count). The molecule has 0 N–H and O–H groups in total. The van der Waals surface area contributed by atoms with Gasteiger partial charge in [-0.25, -0.2) is 0 Å². The maximum atomic E-state index is 5.94. The lowest BCUT2D eigenvalue weighted by atomic mass is 9.49. The molecule has 4 fully saturated rings. The molecule has 0 atom stereocenters. The van der Waals surface area contributed by atoms with Crippen molar-refractivity contribution in [3.8, 4) is 0 Å². The zero-order valence-electron chi connectivity index (χ0n) is 11.3. The lowest BCUT2D eigenvalue weighted by Gasteiger charge is -2.55. The molecule has 0 aliphatic heterocycles. The minimum Gasteiger partial charge on any atom is -0.0843 e. The Morgan fingerprint density at radius 3 is 1.95 bits per heavy atom. The smallest absolute Gasteiger partial charge is 0.0406 e. The first-order valence-electron chi connectivity index (χ1n) is 7.66. The molecule has 1 aromatic rings. The van der Waals surface area contributed by atoms with Crippen LogP contribution < -0.4 is 0 Å². The third kappa shape index (κ3) is 2.25. The summed E-state index contributed by atoms with van der Waals surface area (Å²) in [5.41, 5.74) is 1.83. The first-order valence-corrected chi connectivity index (χ1v) is 8.03. The number of hydrogen-bond donors (Lipinski definition) is 0. The van der Waals surface area contributed by atoms with E-state index < -0.39 is 0 Å². The Balaban J connectivity index is 1.57. The molecule has 4 saturated carbocycles. The van der Waals surface area contributed by atoms with Crippen LogP contribution >= 0.6 is 11.6 Å². The molecule has 1 heteroatoms. The fraction of sp³-hybridized carbons (Fsp3) is 0.556. The normalized spacial score (nSPS) is 40.2. The van der Waals surface area contributed by atoms with E-state index in [1.165, 1.54) is 44.1 Å². The van der Waals surface area contributed by atoms with Gasteiger partial charge in [-0.1, -0.05) is 35.9 Å². The van der Waals surface area contributed by atoms with E-state index in [0.717, 1.165) is 22.8 Å². The monoisotopic (exact) mass is 272 g/mol. The molecule has 0 saturated heterocycles. The van der Waals surface area contributed by atoms with Crippen LogP contribution in [-0.2, 0) is 0 Å². The second-order valence-electron chi connectivity index (χ2n) is 7.16. The maximum Gasteiger partial charge on any atom is 0.0406 e. The zero-order chi connectivity index (χ0) is 12.9. The number of halogens is 1. The summed E-state index contributed by atoms with van der Waals surface area (Å²) >= 11 is 5.94. The molecule has 0 amide bonds. The van der Waals surface area contributed by atoms with Crippen LogP contribution in [0.2, 0.25) is 5.02 Å². The first-order chi connectivity index (χ1) is 9.21. The molecule has 4 aliphatic carbocycles. The van der Waals surface area contributed by atoms with E-state index in [2.05, 4.69) is 24.3 Å². The fourth-order valence-electron chi connectivity index (χ4n) is 5.23. The highest BCUT2D eigenvalue weighted by molar-refractivity contribution is 6.30. The van der Waals surface area contributed by atoms with Gasteiger partial charge in [0.15, 0.2) is 0 Å². The second kappa shape index (κ2) is 4.38. The van der Waals surface area contributed by atoms with E-state index in [0.29, 0.717) is 5.41 Å². The third-order valence-electron chi connectivity index (χ3n) is 5.58. The van der Waals surface area contributed by atoms with Crippen molar-refractivity contribution in [2.75, 3.05) is 0 Å². The Hall–Kier alpha value is -0.750. The van der Waals surface area contributed by atoms with Crippen molar-refractivity contribution in [1.29, 1.82) is 0 Å². The fourth-order valence-corrected chi connectivity index (χ4v) is 5.35. The predicted octanol–water partition coefficient (Wildman–Crippen LogP) is 5.57. The highest BCUT2D eigenvalue weighted by Crippen LogP contribution is 2.60. The highest BCUT2D eigenvalue weighted by Gasteiger charge is 2.49. The molecule has 0 heterocycles. The minimum atomic E-state index is 0.536. The lowest BCUT2D eigenvalue weighted by Crippen LogP contribution is -2.44. The standard InChI is InChI=1S/C18H21Cl/c19-17-3-1-13(2-4-17)5-6-18-10-14-7-15(11-18)9-16(8-14)12-18/h1-6,14-16H,7-12H2/b6-5-. The topological polar surface area (TPSA) is 0 Å². The Bertz CT molecular complexity index is 462. The first kappa shape index (κ1) is 12.0. The van der Waals surface area contributed by atoms with E-state index in [-0.39, 0.29) is 0 Å². The highest BCUT2D eigenvalue weighted by atomic mass is 35.5. The predicted molar refractivity (Wildman–Crippen MR) is 81.1 cm³/mol. The van der Waals surface area contributed by atoms with Crippen LogP contribution in [0.15, 0.2) is 30.3 Å². The summed E-state index contributed by atoms with van der Waals surface area (Å²) in [6, 6.07) is 8.22. The molecule has 19 heavy (non-hydrogen) atoms. The quantitative estimate of drug-likeness (QED) is 0.660. The van der Waals surface area contributed by atoms with Gasteiger partial charge in [-0.3, -0.25) is 0 Å². The number of benzene rings is 1. The third-order valence-corrected chi connectivity index (χ3v) is 5.84. The molecule has 1 aromatic carbocycles. The number of rotatable bonds is 2. The number of allylic oxidation sites excluding steroid dienone is 1. The van der Waals surface area contributed by atoms with Gasteiger partial charge in [0.2, 0.25) is 0 Å². The van der Waals surface area contributed by atoms with Crippen LogP contribution in [0.5, 0.6) is 0 Å². The molecule has 0 radical (unpaired) electrons. The average Bonchev–Trinajstić information content (AvgIpc) is 2.36. The van der Waals surface area contributed by atoms with Crippen molar-refractivity contribution in [3.05, 3.63) is 40.9 Å². The van der Waals surface area contributed by atoms with Gasteiger partial charge in [-0.05, 0) is 79.4 Å². The molecule has 100 valence electrons. The van der Waals surface area contributed by atoms with Crippen LogP contribution in [0.1, 0.15) is 44.1 Å². The van der Waals surface area contributed by atoms with Gasteiger partial charge in [0, 0.05) is 5.02 Å². The Kier molecular flexibility index (Phi) is 2.77. The van der Waals surface area contributed by atoms with Crippen molar-refractivity contribution in [1.82, 2.24) is 0 Å². The number of hydrogen-bond acceptors (Lipinski definition) is 0. The second-order valence-corrected chi connectivity index (χ2v) is 7.60. The van der Waals surface area contributed by atoms with Crippen LogP contribution in [0.25, 0.3) is 6.08 Å². The molecular weight excluding hydrogens is 252 g/mol. The van der Waals surface area contributed by atoms with Gasteiger partial charge in [0.1, 0.15) is 0 Å². The Labute approximate surface area is 120 Å². The summed E-state index contributed by atoms with van der Waals surface area (Å²) in [6.07, 6.45) is 13.8. The average molecular weight is 273 g/mol. The van der Waals surface area contributed by atoms with Gasteiger partial charge in [0.25, 0.3) is 0 Å². The van der Waals surface area contributed by atoms with Gasteiger partial charge in [-0.15, -0.1) is 0 Å². The van der Waals surface area contributed by atoms with Crippen LogP contribution in [0.4, 0.5) is 0 Å². The molecule has 0 spiro atoms. The van der Waals surface area contributed by atoms with Gasteiger partial charge in [0.05, 0.1) is 0 Å². The van der Waals surface area contributed by atoms with Crippen LogP contribution in [0, 0.1) is 23.2 Å².